The van der Waals surface area contributed by atoms with Crippen molar-refractivity contribution >= 4 is 28.3 Å². The van der Waals surface area contributed by atoms with Gasteiger partial charge in [0.2, 0.25) is 5.91 Å². The van der Waals surface area contributed by atoms with Crippen LogP contribution in [0.3, 0.4) is 0 Å². The number of aromatic nitrogens is 2. The summed E-state index contributed by atoms with van der Waals surface area (Å²) in [4.78, 5) is 30.9. The number of nitrogens with one attached hydrogen (secondary N) is 1. The smallest absolute Gasteiger partial charge is 0.276 e. The van der Waals surface area contributed by atoms with Crippen LogP contribution >= 0.6 is 11.3 Å². The fourth-order valence-corrected chi connectivity index (χ4v) is 3.55. The number of hydrogen-bond donors (Lipinski definition) is 1. The Bertz CT molecular complexity index is 908. The van der Waals surface area contributed by atoms with Crippen LogP contribution in [0.15, 0.2) is 52.5 Å². The highest BCUT2D eigenvalue weighted by atomic mass is 32.1. The molecule has 0 spiro atoms. The molecule has 7 nitrogen and oxygen atoms in total. The predicted octanol–water partition coefficient (Wildman–Crippen LogP) is 3.04. The molecule has 0 radical (unpaired) electrons. The van der Waals surface area contributed by atoms with E-state index in [1.54, 1.807) is 22.5 Å². The molecule has 0 saturated carbocycles. The second-order valence-corrected chi connectivity index (χ2v) is 6.82. The van der Waals surface area contributed by atoms with Gasteiger partial charge in [-0.3, -0.25) is 9.59 Å². The summed E-state index contributed by atoms with van der Waals surface area (Å²) in [5.74, 6) is 0.00207. The van der Waals surface area contributed by atoms with Crippen LogP contribution in [0.2, 0.25) is 0 Å². The van der Waals surface area contributed by atoms with Crippen molar-refractivity contribution in [3.8, 4) is 11.3 Å². The van der Waals surface area contributed by atoms with Crippen molar-refractivity contribution in [3.05, 3.63) is 53.7 Å². The van der Waals surface area contributed by atoms with E-state index < -0.39 is 6.04 Å². The Morgan fingerprint density at radius 2 is 2.12 bits per heavy atom. The molecule has 1 aromatic carbocycles. The number of hydrogen-bond acceptors (Lipinski definition) is 6. The highest BCUT2D eigenvalue weighted by Crippen LogP contribution is 2.25. The molecule has 3 aromatic rings. The molecule has 1 saturated heterocycles. The Kier molecular flexibility index (Phi) is 4.49. The average Bonchev–Trinajstić information content (AvgIpc) is 3.42. The number of thiazole rings is 1. The van der Waals surface area contributed by atoms with Crippen LogP contribution in [0.4, 0.5) is 5.13 Å². The highest BCUT2D eigenvalue weighted by molar-refractivity contribution is 7.13. The van der Waals surface area contributed by atoms with Crippen LogP contribution in [-0.2, 0) is 4.79 Å². The number of carbonyl (C=O) groups is 2. The fourth-order valence-electron chi connectivity index (χ4n) is 3.02. The van der Waals surface area contributed by atoms with Gasteiger partial charge in [-0.05, 0) is 12.8 Å². The van der Waals surface area contributed by atoms with Gasteiger partial charge < -0.3 is 14.7 Å². The number of likely N-dealkylation sites (tertiary alicyclic amines) is 1. The number of anilines is 1. The largest absolute Gasteiger partial charge is 0.355 e. The van der Waals surface area contributed by atoms with Gasteiger partial charge in [0, 0.05) is 29.8 Å². The van der Waals surface area contributed by atoms with Gasteiger partial charge in [-0.2, -0.15) is 0 Å². The molecule has 0 bridgehead atoms. The first-order valence-electron chi connectivity index (χ1n) is 8.26. The topological polar surface area (TPSA) is 88.3 Å². The van der Waals surface area contributed by atoms with Crippen LogP contribution in [0, 0.1) is 0 Å². The summed E-state index contributed by atoms with van der Waals surface area (Å²) in [5.41, 5.74) is 1.05. The second-order valence-electron chi connectivity index (χ2n) is 5.93. The van der Waals surface area contributed by atoms with E-state index in [1.807, 2.05) is 30.3 Å². The Morgan fingerprint density at radius 1 is 1.27 bits per heavy atom. The molecular formula is C18H16N4O3S. The van der Waals surface area contributed by atoms with Gasteiger partial charge in [0.25, 0.3) is 5.91 Å². The molecule has 1 atom stereocenters. The summed E-state index contributed by atoms with van der Waals surface area (Å²) in [6.45, 7) is 0.516. The Balaban J connectivity index is 1.50. The third-order valence-electron chi connectivity index (χ3n) is 4.27. The maximum Gasteiger partial charge on any atom is 0.276 e. The quantitative estimate of drug-likeness (QED) is 0.765. The SMILES string of the molecule is O=C(Nc1nccs1)[C@H]1CCCN1C(=O)c1cc(-c2ccccc2)on1. The number of rotatable bonds is 4. The lowest BCUT2D eigenvalue weighted by atomic mass is 10.1. The minimum Gasteiger partial charge on any atom is -0.355 e. The third kappa shape index (κ3) is 3.23. The van der Waals surface area contributed by atoms with Gasteiger partial charge in [0.05, 0.1) is 0 Å². The van der Waals surface area contributed by atoms with Crippen molar-refractivity contribution in [2.75, 3.05) is 11.9 Å². The molecular weight excluding hydrogens is 352 g/mol. The minimum absolute atomic E-state index is 0.206. The molecule has 1 aliphatic rings. The molecule has 4 rings (SSSR count). The number of carbonyl (C=O) groups excluding carboxylic acids is 2. The zero-order valence-electron chi connectivity index (χ0n) is 13.8. The second kappa shape index (κ2) is 7.09. The Hall–Kier alpha value is -3.00. The number of amides is 2. The average molecular weight is 368 g/mol. The molecule has 1 fully saturated rings. The van der Waals surface area contributed by atoms with Crippen molar-refractivity contribution in [2.45, 2.75) is 18.9 Å². The van der Waals surface area contributed by atoms with Crippen molar-refractivity contribution in [2.24, 2.45) is 0 Å². The van der Waals surface area contributed by atoms with E-state index >= 15 is 0 Å². The van der Waals surface area contributed by atoms with Crippen LogP contribution in [-0.4, -0.2) is 39.4 Å². The predicted molar refractivity (Wildman–Crippen MR) is 96.7 cm³/mol. The lowest BCUT2D eigenvalue weighted by Crippen LogP contribution is -2.43. The summed E-state index contributed by atoms with van der Waals surface area (Å²) < 4.78 is 5.31. The van der Waals surface area contributed by atoms with Gasteiger partial charge in [0.15, 0.2) is 16.6 Å². The lowest BCUT2D eigenvalue weighted by molar-refractivity contribution is -0.119. The fraction of sp³-hybridized carbons (Fsp3) is 0.222. The van der Waals surface area contributed by atoms with Crippen LogP contribution in [0.5, 0.6) is 0 Å². The summed E-state index contributed by atoms with van der Waals surface area (Å²) in [5, 5.41) is 8.98. The van der Waals surface area contributed by atoms with E-state index in [0.717, 1.165) is 12.0 Å². The lowest BCUT2D eigenvalue weighted by Gasteiger charge is -2.22. The van der Waals surface area contributed by atoms with E-state index in [4.69, 9.17) is 4.52 Å². The molecule has 26 heavy (non-hydrogen) atoms. The number of benzene rings is 1. The summed E-state index contributed by atoms with van der Waals surface area (Å²) in [6.07, 6.45) is 3.01. The van der Waals surface area contributed by atoms with Gasteiger partial charge in [-0.1, -0.05) is 35.5 Å². The van der Waals surface area contributed by atoms with Crippen LogP contribution < -0.4 is 5.32 Å². The summed E-state index contributed by atoms with van der Waals surface area (Å²) in [6, 6.07) is 10.5. The molecule has 0 unspecified atom stereocenters. The zero-order chi connectivity index (χ0) is 17.9. The monoisotopic (exact) mass is 368 g/mol. The van der Waals surface area contributed by atoms with E-state index in [-0.39, 0.29) is 17.5 Å². The van der Waals surface area contributed by atoms with Crippen molar-refractivity contribution in [1.82, 2.24) is 15.0 Å². The van der Waals surface area contributed by atoms with Crippen molar-refractivity contribution < 1.29 is 14.1 Å². The first kappa shape index (κ1) is 16.5. The normalized spacial score (nSPS) is 16.6. The standard InChI is InChI=1S/C18H16N4O3S/c23-16(20-18-19-8-10-26-18)14-7-4-9-22(14)17(24)13-11-15(25-21-13)12-5-2-1-3-6-12/h1-3,5-6,8,10-11,14H,4,7,9H2,(H,19,20,23)/t14-/m1/s1. The summed E-state index contributed by atoms with van der Waals surface area (Å²) >= 11 is 1.34. The maximum absolute atomic E-state index is 12.8. The molecule has 3 heterocycles. The molecule has 2 aromatic heterocycles. The molecule has 0 aliphatic carbocycles. The Labute approximate surface area is 153 Å². The maximum atomic E-state index is 12.8. The van der Waals surface area contributed by atoms with Crippen LogP contribution in [0.25, 0.3) is 11.3 Å². The molecule has 132 valence electrons. The van der Waals surface area contributed by atoms with E-state index in [2.05, 4.69) is 15.5 Å². The Morgan fingerprint density at radius 3 is 2.88 bits per heavy atom. The summed E-state index contributed by atoms with van der Waals surface area (Å²) in [7, 11) is 0. The molecule has 1 aliphatic heterocycles. The zero-order valence-corrected chi connectivity index (χ0v) is 14.6. The van der Waals surface area contributed by atoms with Crippen molar-refractivity contribution in [1.29, 1.82) is 0 Å². The first-order chi connectivity index (χ1) is 12.7. The molecule has 1 N–H and O–H groups in total. The molecule has 2 amide bonds. The first-order valence-corrected chi connectivity index (χ1v) is 9.14. The van der Waals surface area contributed by atoms with Gasteiger partial charge in [-0.15, -0.1) is 11.3 Å². The molecule has 8 heteroatoms. The van der Waals surface area contributed by atoms with Crippen molar-refractivity contribution in [3.63, 3.8) is 0 Å². The van der Waals surface area contributed by atoms with Gasteiger partial charge in [0.1, 0.15) is 6.04 Å². The van der Waals surface area contributed by atoms with E-state index in [0.29, 0.717) is 23.9 Å². The van der Waals surface area contributed by atoms with E-state index in [1.165, 1.54) is 11.3 Å². The van der Waals surface area contributed by atoms with Gasteiger partial charge in [-0.25, -0.2) is 4.98 Å². The number of nitrogens with zero attached hydrogens (tertiary/aromatic N) is 3. The van der Waals surface area contributed by atoms with Gasteiger partial charge >= 0.3 is 0 Å². The third-order valence-corrected chi connectivity index (χ3v) is 4.95. The minimum atomic E-state index is -0.525. The van der Waals surface area contributed by atoms with Crippen LogP contribution in [0.1, 0.15) is 23.3 Å². The van der Waals surface area contributed by atoms with E-state index in [9.17, 15) is 9.59 Å². The highest BCUT2D eigenvalue weighted by Gasteiger charge is 2.36.